The lowest BCUT2D eigenvalue weighted by molar-refractivity contribution is -0.125. The van der Waals surface area contributed by atoms with Crippen molar-refractivity contribution < 1.29 is 14.3 Å². The number of nitrogens with one attached hydrogen (secondary N) is 1. The topological polar surface area (TPSA) is 58.6 Å². The molecule has 0 aliphatic carbocycles. The van der Waals surface area contributed by atoms with Crippen molar-refractivity contribution in [1.29, 1.82) is 0 Å². The van der Waals surface area contributed by atoms with Gasteiger partial charge in [0.05, 0.1) is 0 Å². The highest BCUT2D eigenvalue weighted by Crippen LogP contribution is 2.21. The fourth-order valence-corrected chi connectivity index (χ4v) is 2.78. The molecule has 0 radical (unpaired) electrons. The van der Waals surface area contributed by atoms with E-state index in [1.807, 2.05) is 20.8 Å². The van der Waals surface area contributed by atoms with Gasteiger partial charge in [-0.05, 0) is 52.5 Å². The number of likely N-dealkylation sites (tertiary alicyclic amines) is 1. The van der Waals surface area contributed by atoms with Crippen LogP contribution in [0.15, 0.2) is 24.3 Å². The number of carbonyl (C=O) groups excluding carboxylic acids is 2. The monoisotopic (exact) mass is 332 g/mol. The molecule has 1 heterocycles. The van der Waals surface area contributed by atoms with Crippen LogP contribution < -0.4 is 5.32 Å². The summed E-state index contributed by atoms with van der Waals surface area (Å²) < 4.78 is 5.39. The van der Waals surface area contributed by atoms with E-state index in [0.717, 1.165) is 12.8 Å². The maximum atomic E-state index is 12.4. The SMILES string of the molecule is Cc1ccc(CCNC(=O)C2CCCN2C(=O)OC(C)(C)C)cc1. The first-order chi connectivity index (χ1) is 11.3. The third-order valence-corrected chi connectivity index (χ3v) is 4.02. The number of carbonyl (C=O) groups is 2. The van der Waals surface area contributed by atoms with Crippen LogP contribution in [0.2, 0.25) is 0 Å². The average molecular weight is 332 g/mol. The smallest absolute Gasteiger partial charge is 0.410 e. The molecular formula is C19H28N2O3. The molecule has 1 saturated heterocycles. The molecule has 1 N–H and O–H groups in total. The van der Waals surface area contributed by atoms with Gasteiger partial charge in [0.2, 0.25) is 5.91 Å². The van der Waals surface area contributed by atoms with Gasteiger partial charge in [0, 0.05) is 13.1 Å². The molecule has 1 aliphatic heterocycles. The van der Waals surface area contributed by atoms with Crippen LogP contribution in [-0.4, -0.2) is 41.6 Å². The minimum atomic E-state index is -0.549. The van der Waals surface area contributed by atoms with E-state index in [1.165, 1.54) is 11.1 Å². The summed E-state index contributed by atoms with van der Waals surface area (Å²) >= 11 is 0. The van der Waals surface area contributed by atoms with E-state index in [1.54, 1.807) is 4.90 Å². The molecule has 1 aromatic carbocycles. The van der Waals surface area contributed by atoms with Crippen LogP contribution >= 0.6 is 0 Å². The zero-order valence-electron chi connectivity index (χ0n) is 15.1. The largest absolute Gasteiger partial charge is 0.444 e. The van der Waals surface area contributed by atoms with Crippen molar-refractivity contribution in [2.24, 2.45) is 0 Å². The van der Waals surface area contributed by atoms with Crippen LogP contribution in [-0.2, 0) is 16.0 Å². The molecule has 1 fully saturated rings. The minimum absolute atomic E-state index is 0.0922. The molecule has 1 unspecified atom stereocenters. The number of amides is 2. The van der Waals surface area contributed by atoms with Crippen LogP contribution in [0, 0.1) is 6.92 Å². The van der Waals surface area contributed by atoms with Gasteiger partial charge in [-0.2, -0.15) is 0 Å². The molecular weight excluding hydrogens is 304 g/mol. The van der Waals surface area contributed by atoms with Crippen molar-refractivity contribution >= 4 is 12.0 Å². The second-order valence-corrected chi connectivity index (χ2v) is 7.36. The second kappa shape index (κ2) is 7.69. The molecule has 0 bridgehead atoms. The third kappa shape index (κ3) is 5.25. The molecule has 1 atom stereocenters. The molecule has 2 rings (SSSR count). The number of ether oxygens (including phenoxy) is 1. The Morgan fingerprint density at radius 3 is 2.54 bits per heavy atom. The molecule has 5 nitrogen and oxygen atoms in total. The second-order valence-electron chi connectivity index (χ2n) is 7.36. The van der Waals surface area contributed by atoms with Crippen LogP contribution in [0.1, 0.15) is 44.7 Å². The molecule has 0 spiro atoms. The Hall–Kier alpha value is -2.04. The lowest BCUT2D eigenvalue weighted by atomic mass is 10.1. The number of benzene rings is 1. The Kier molecular flexibility index (Phi) is 5.86. The predicted molar refractivity (Wildman–Crippen MR) is 93.9 cm³/mol. The molecule has 0 aromatic heterocycles. The first kappa shape index (κ1) is 18.3. The molecule has 5 heteroatoms. The normalized spacial score (nSPS) is 17.7. The molecule has 1 aliphatic rings. The van der Waals surface area contributed by atoms with Crippen LogP contribution in [0.4, 0.5) is 4.79 Å². The number of nitrogens with zero attached hydrogens (tertiary/aromatic N) is 1. The average Bonchev–Trinajstić information content (AvgIpc) is 2.97. The van der Waals surface area contributed by atoms with Gasteiger partial charge in [0.1, 0.15) is 11.6 Å². The van der Waals surface area contributed by atoms with Crippen molar-refractivity contribution in [3.05, 3.63) is 35.4 Å². The molecule has 2 amide bonds. The van der Waals surface area contributed by atoms with E-state index in [-0.39, 0.29) is 5.91 Å². The Morgan fingerprint density at radius 1 is 1.25 bits per heavy atom. The number of hydrogen-bond acceptors (Lipinski definition) is 3. The molecule has 24 heavy (non-hydrogen) atoms. The fraction of sp³-hybridized carbons (Fsp3) is 0.579. The lowest BCUT2D eigenvalue weighted by Crippen LogP contribution is -2.47. The first-order valence-electron chi connectivity index (χ1n) is 8.59. The highest BCUT2D eigenvalue weighted by molar-refractivity contribution is 5.86. The summed E-state index contributed by atoms with van der Waals surface area (Å²) in [5, 5.41) is 2.95. The van der Waals surface area contributed by atoms with E-state index in [0.29, 0.717) is 19.5 Å². The highest BCUT2D eigenvalue weighted by Gasteiger charge is 2.36. The zero-order valence-corrected chi connectivity index (χ0v) is 15.1. The summed E-state index contributed by atoms with van der Waals surface area (Å²) in [6.07, 6.45) is 1.90. The van der Waals surface area contributed by atoms with Gasteiger partial charge >= 0.3 is 6.09 Å². The summed E-state index contributed by atoms with van der Waals surface area (Å²) in [5.74, 6) is -0.0922. The summed E-state index contributed by atoms with van der Waals surface area (Å²) in [6, 6.07) is 7.86. The van der Waals surface area contributed by atoms with E-state index in [2.05, 4.69) is 36.5 Å². The van der Waals surface area contributed by atoms with Crippen LogP contribution in [0.5, 0.6) is 0 Å². The number of hydrogen-bond donors (Lipinski definition) is 1. The van der Waals surface area contributed by atoms with Gasteiger partial charge < -0.3 is 10.1 Å². The van der Waals surface area contributed by atoms with Gasteiger partial charge in [0.25, 0.3) is 0 Å². The highest BCUT2D eigenvalue weighted by atomic mass is 16.6. The van der Waals surface area contributed by atoms with Gasteiger partial charge in [-0.15, -0.1) is 0 Å². The van der Waals surface area contributed by atoms with Crippen molar-refractivity contribution in [1.82, 2.24) is 10.2 Å². The van der Waals surface area contributed by atoms with Crippen LogP contribution in [0.3, 0.4) is 0 Å². The Labute approximate surface area is 144 Å². The standard InChI is InChI=1S/C19H28N2O3/c1-14-7-9-15(10-8-14)11-12-20-17(22)16-6-5-13-21(16)18(23)24-19(2,3)4/h7-10,16H,5-6,11-13H2,1-4H3,(H,20,22). The first-order valence-corrected chi connectivity index (χ1v) is 8.59. The quantitative estimate of drug-likeness (QED) is 0.922. The summed E-state index contributed by atoms with van der Waals surface area (Å²) in [4.78, 5) is 26.2. The van der Waals surface area contributed by atoms with Crippen LogP contribution in [0.25, 0.3) is 0 Å². The van der Waals surface area contributed by atoms with E-state index >= 15 is 0 Å². The maximum Gasteiger partial charge on any atom is 0.410 e. The number of aryl methyl sites for hydroxylation is 1. The predicted octanol–water partition coefficient (Wildman–Crippen LogP) is 3.05. The van der Waals surface area contributed by atoms with Crippen molar-refractivity contribution in [2.45, 2.75) is 58.6 Å². The Balaban J connectivity index is 1.84. The van der Waals surface area contributed by atoms with Gasteiger partial charge in [-0.25, -0.2) is 4.79 Å². The summed E-state index contributed by atoms with van der Waals surface area (Å²) in [5.41, 5.74) is 1.87. The summed E-state index contributed by atoms with van der Waals surface area (Å²) in [7, 11) is 0. The van der Waals surface area contributed by atoms with E-state index in [4.69, 9.17) is 4.74 Å². The fourth-order valence-electron chi connectivity index (χ4n) is 2.78. The lowest BCUT2D eigenvalue weighted by Gasteiger charge is -2.28. The molecule has 132 valence electrons. The van der Waals surface area contributed by atoms with Gasteiger partial charge in [-0.3, -0.25) is 9.69 Å². The van der Waals surface area contributed by atoms with Gasteiger partial charge in [0.15, 0.2) is 0 Å². The van der Waals surface area contributed by atoms with E-state index < -0.39 is 17.7 Å². The van der Waals surface area contributed by atoms with Crippen molar-refractivity contribution in [3.8, 4) is 0 Å². The Bertz CT molecular complexity index is 575. The molecule has 1 aromatic rings. The zero-order chi connectivity index (χ0) is 17.7. The minimum Gasteiger partial charge on any atom is -0.444 e. The molecule has 0 saturated carbocycles. The van der Waals surface area contributed by atoms with Crippen molar-refractivity contribution in [2.75, 3.05) is 13.1 Å². The van der Waals surface area contributed by atoms with Gasteiger partial charge in [-0.1, -0.05) is 29.8 Å². The Morgan fingerprint density at radius 2 is 1.92 bits per heavy atom. The van der Waals surface area contributed by atoms with E-state index in [9.17, 15) is 9.59 Å². The number of rotatable bonds is 4. The summed E-state index contributed by atoms with van der Waals surface area (Å²) in [6.45, 7) is 8.69. The maximum absolute atomic E-state index is 12.4. The van der Waals surface area contributed by atoms with Crippen molar-refractivity contribution in [3.63, 3.8) is 0 Å². The third-order valence-electron chi connectivity index (χ3n) is 4.02.